The van der Waals surface area contributed by atoms with Crippen molar-refractivity contribution in [3.05, 3.63) is 59.1 Å². The maximum Gasteiger partial charge on any atom is 0.410 e. The first kappa shape index (κ1) is 40.3. The maximum absolute atomic E-state index is 13.0. The Hall–Kier alpha value is -3.92. The first-order valence-electron chi connectivity index (χ1n) is 17.7. The summed E-state index contributed by atoms with van der Waals surface area (Å²) in [5.41, 5.74) is -0.262. The minimum Gasteiger partial charge on any atom is -0.477 e. The summed E-state index contributed by atoms with van der Waals surface area (Å²) in [5.74, 6) is -1.92. The van der Waals surface area contributed by atoms with Crippen LogP contribution in [0.5, 0.6) is 5.88 Å². The minimum atomic E-state index is -4.27. The van der Waals surface area contributed by atoms with Gasteiger partial charge in [0.15, 0.2) is 5.82 Å². The normalized spacial score (nSPS) is 19.9. The lowest BCUT2D eigenvalue weighted by Gasteiger charge is -2.33. The van der Waals surface area contributed by atoms with Crippen molar-refractivity contribution >= 4 is 33.6 Å². The van der Waals surface area contributed by atoms with Crippen LogP contribution in [-0.4, -0.2) is 75.5 Å². The number of pyridine rings is 2. The number of halogens is 4. The van der Waals surface area contributed by atoms with Gasteiger partial charge in [-0.3, -0.25) is 9.78 Å². The largest absolute Gasteiger partial charge is 0.477 e. The van der Waals surface area contributed by atoms with Crippen LogP contribution in [0.4, 0.5) is 18.0 Å². The van der Waals surface area contributed by atoms with Crippen LogP contribution in [0, 0.1) is 17.8 Å². The SMILES string of the molecule is CC(C)(C)OC(=O)N1CC(CCCCCc2ccc(S(=O)(=O)NC(=O)c3ccc(-n4ccc(OCCC5CC5C(F)(F)F)n4)nc3Cl)cn2)CC1(C)C. The number of likely N-dealkylation sites (tertiary alicyclic amines) is 1. The molecule has 1 saturated carbocycles. The van der Waals surface area contributed by atoms with Crippen molar-refractivity contribution in [1.82, 2.24) is 29.4 Å². The molecule has 53 heavy (non-hydrogen) atoms. The van der Waals surface area contributed by atoms with Crippen molar-refractivity contribution in [2.24, 2.45) is 17.8 Å². The fourth-order valence-corrected chi connectivity index (χ4v) is 7.75. The second kappa shape index (κ2) is 15.8. The number of aromatic nitrogens is 4. The molecule has 0 bridgehead atoms. The van der Waals surface area contributed by atoms with Crippen LogP contribution in [0.25, 0.3) is 5.82 Å². The number of hydrogen-bond donors (Lipinski definition) is 1. The lowest BCUT2D eigenvalue weighted by atomic mass is 9.92. The van der Waals surface area contributed by atoms with Crippen LogP contribution in [0.1, 0.15) is 95.6 Å². The highest BCUT2D eigenvalue weighted by Gasteiger charge is 2.55. The molecule has 290 valence electrons. The summed E-state index contributed by atoms with van der Waals surface area (Å²) in [6, 6.07) is 7.23. The molecule has 2 fully saturated rings. The zero-order valence-corrected chi connectivity index (χ0v) is 32.0. The van der Waals surface area contributed by atoms with Gasteiger partial charge in [0.2, 0.25) is 5.88 Å². The smallest absolute Gasteiger partial charge is 0.410 e. The molecule has 3 atom stereocenters. The molecule has 0 spiro atoms. The molecule has 1 aliphatic carbocycles. The quantitative estimate of drug-likeness (QED) is 0.130. The van der Waals surface area contributed by atoms with Crippen molar-refractivity contribution in [3.63, 3.8) is 0 Å². The number of hydrogen-bond acceptors (Lipinski definition) is 9. The van der Waals surface area contributed by atoms with E-state index in [4.69, 9.17) is 21.1 Å². The van der Waals surface area contributed by atoms with E-state index in [1.54, 1.807) is 6.07 Å². The zero-order valence-electron chi connectivity index (χ0n) is 30.5. The number of unbranched alkanes of at least 4 members (excludes halogenated alkanes) is 2. The Morgan fingerprint density at radius 1 is 1.06 bits per heavy atom. The Morgan fingerprint density at radius 3 is 2.45 bits per heavy atom. The fourth-order valence-electron chi connectivity index (χ4n) is 6.60. The van der Waals surface area contributed by atoms with E-state index in [0.717, 1.165) is 37.8 Å². The van der Waals surface area contributed by atoms with E-state index in [2.05, 4.69) is 28.9 Å². The van der Waals surface area contributed by atoms with Crippen LogP contribution in [-0.2, 0) is 21.2 Å². The molecule has 2 aliphatic rings. The summed E-state index contributed by atoms with van der Waals surface area (Å²) in [6.45, 7) is 10.5. The molecule has 3 aromatic heterocycles. The molecule has 5 rings (SSSR count). The van der Waals surface area contributed by atoms with E-state index in [1.807, 2.05) is 30.4 Å². The zero-order chi connectivity index (χ0) is 38.8. The van der Waals surface area contributed by atoms with Crippen LogP contribution >= 0.6 is 11.6 Å². The lowest BCUT2D eigenvalue weighted by molar-refractivity contribution is -0.151. The van der Waals surface area contributed by atoms with Crippen LogP contribution in [0.15, 0.2) is 47.6 Å². The highest BCUT2D eigenvalue weighted by atomic mass is 35.5. The molecule has 1 aliphatic heterocycles. The number of carbonyl (C=O) groups is 2. The molecule has 12 nitrogen and oxygen atoms in total. The van der Waals surface area contributed by atoms with Crippen molar-refractivity contribution < 1.29 is 40.7 Å². The Kier molecular flexibility index (Phi) is 12.0. The van der Waals surface area contributed by atoms with Crippen molar-refractivity contribution in [2.75, 3.05) is 13.2 Å². The van der Waals surface area contributed by atoms with Crippen molar-refractivity contribution in [2.45, 2.75) is 108 Å². The molecule has 1 saturated heterocycles. The Morgan fingerprint density at radius 2 is 1.81 bits per heavy atom. The van der Waals surface area contributed by atoms with Gasteiger partial charge in [-0.15, -0.1) is 5.10 Å². The third kappa shape index (κ3) is 10.8. The highest BCUT2D eigenvalue weighted by molar-refractivity contribution is 7.90. The average Bonchev–Trinajstić information content (AvgIpc) is 3.57. The molecule has 3 aromatic rings. The Labute approximate surface area is 312 Å². The second-order valence-corrected chi connectivity index (χ2v) is 17.4. The van der Waals surface area contributed by atoms with Gasteiger partial charge in [0.1, 0.15) is 15.6 Å². The molecular weight excluding hydrogens is 737 g/mol. The number of ether oxygens (including phenoxy) is 2. The molecule has 0 aromatic carbocycles. The number of nitrogens with zero attached hydrogens (tertiary/aromatic N) is 5. The molecule has 17 heteroatoms. The third-order valence-electron chi connectivity index (χ3n) is 9.41. The molecule has 1 N–H and O–H groups in total. The van der Waals surface area contributed by atoms with Gasteiger partial charge < -0.3 is 14.4 Å². The lowest BCUT2D eigenvalue weighted by Crippen LogP contribution is -2.45. The summed E-state index contributed by atoms with van der Waals surface area (Å²) in [4.78, 5) is 35.7. The maximum atomic E-state index is 13.0. The van der Waals surface area contributed by atoms with Gasteiger partial charge in [-0.05, 0) is 109 Å². The van der Waals surface area contributed by atoms with Crippen LogP contribution in [0.3, 0.4) is 0 Å². The van der Waals surface area contributed by atoms with Gasteiger partial charge in [-0.2, -0.15) is 13.2 Å². The first-order chi connectivity index (χ1) is 24.7. The molecule has 3 unspecified atom stereocenters. The Bertz CT molecular complexity index is 1880. The number of aryl methyl sites for hydroxylation is 1. The molecule has 2 amide bonds. The minimum absolute atomic E-state index is 0.0769. The molecule has 0 radical (unpaired) electrons. The van der Waals surface area contributed by atoms with Crippen molar-refractivity contribution in [1.29, 1.82) is 0 Å². The fraction of sp³-hybridized carbons (Fsp3) is 0.583. The predicted octanol–water partition coefficient (Wildman–Crippen LogP) is 7.54. The van der Waals surface area contributed by atoms with Gasteiger partial charge in [-0.25, -0.2) is 27.6 Å². The number of rotatable bonds is 14. The van der Waals surface area contributed by atoms with E-state index in [1.165, 1.54) is 41.3 Å². The van der Waals surface area contributed by atoms with Crippen molar-refractivity contribution in [3.8, 4) is 11.7 Å². The van der Waals surface area contributed by atoms with E-state index in [9.17, 15) is 31.2 Å². The summed E-state index contributed by atoms with van der Waals surface area (Å²) in [7, 11) is -4.27. The van der Waals surface area contributed by atoms with Gasteiger partial charge in [0.05, 0.1) is 18.1 Å². The summed E-state index contributed by atoms with van der Waals surface area (Å²) in [5, 5.41) is 3.91. The van der Waals surface area contributed by atoms with E-state index < -0.39 is 39.5 Å². The second-order valence-electron chi connectivity index (χ2n) is 15.4. The van der Waals surface area contributed by atoms with E-state index in [0.29, 0.717) is 18.9 Å². The van der Waals surface area contributed by atoms with Gasteiger partial charge >= 0.3 is 12.3 Å². The summed E-state index contributed by atoms with van der Waals surface area (Å²) in [6.07, 6.45) is 4.01. The van der Waals surface area contributed by atoms with Gasteiger partial charge in [-0.1, -0.05) is 24.4 Å². The summed E-state index contributed by atoms with van der Waals surface area (Å²) < 4.78 is 78.5. The number of amides is 2. The topological polar surface area (TPSA) is 146 Å². The first-order valence-corrected chi connectivity index (χ1v) is 19.5. The number of carbonyl (C=O) groups excluding carboxylic acids is 2. The van der Waals surface area contributed by atoms with Crippen LogP contribution in [0.2, 0.25) is 5.15 Å². The third-order valence-corrected chi connectivity index (χ3v) is 11.0. The Balaban J connectivity index is 1.05. The summed E-state index contributed by atoms with van der Waals surface area (Å²) >= 11 is 6.25. The van der Waals surface area contributed by atoms with Crippen LogP contribution < -0.4 is 9.46 Å². The highest BCUT2D eigenvalue weighted by Crippen LogP contribution is 2.51. The van der Waals surface area contributed by atoms with E-state index >= 15 is 0 Å². The number of alkyl halides is 3. The van der Waals surface area contributed by atoms with E-state index in [-0.39, 0.29) is 58.4 Å². The predicted molar refractivity (Wildman–Crippen MR) is 190 cm³/mol. The number of nitrogens with one attached hydrogen (secondary N) is 1. The average molecular weight is 783 g/mol. The van der Waals surface area contributed by atoms with Gasteiger partial charge in [0, 0.05) is 36.2 Å². The molecular formula is C36H46ClF3N6O6S. The monoisotopic (exact) mass is 782 g/mol. The molecule has 4 heterocycles. The van der Waals surface area contributed by atoms with Gasteiger partial charge in [0.25, 0.3) is 15.9 Å². The number of sulfonamides is 1. The standard InChI is InChI=1S/C36H46ClF3N6O6S/c1-34(2,3)52-33(48)45-22-23(20-35(45,4)5)9-7-6-8-10-25-11-12-26(21-41-25)53(49,50)44-32(47)27-13-14-29(42-31(27)37)46-17-15-30(43-46)51-18-16-24-19-28(24)36(38,39)40/h11-15,17,21,23-24,28H,6-10,16,18-20,22H2,1-5H3,(H,44,47).